The van der Waals surface area contributed by atoms with Crippen molar-refractivity contribution in [2.45, 2.75) is 43.9 Å². The highest BCUT2D eigenvalue weighted by Crippen LogP contribution is 2.49. The number of rotatable bonds is 6. The van der Waals surface area contributed by atoms with Gasteiger partial charge in [0.25, 0.3) is 11.4 Å². The van der Waals surface area contributed by atoms with Gasteiger partial charge in [0, 0.05) is 30.9 Å². The van der Waals surface area contributed by atoms with Crippen LogP contribution in [0.1, 0.15) is 48.9 Å². The SMILES string of the molecule is O=[N+]([O-])c1cc([C@H]2CC[C@H](c3ccc(Cl)c([N+](=O)[O-])c3)N2c2cc(F)c(N3CCC(F)CC3)c(F)c2)ccc1Cl. The lowest BCUT2D eigenvalue weighted by atomic mass is 10.0. The molecule has 2 aliphatic heterocycles. The zero-order valence-electron chi connectivity index (χ0n) is 20.9. The molecule has 3 aromatic rings. The van der Waals surface area contributed by atoms with Crippen LogP contribution in [0.25, 0.3) is 0 Å². The normalized spacial score (nSPS) is 19.7. The number of nitro benzene ring substituents is 2. The largest absolute Gasteiger partial charge is 0.367 e. The molecule has 3 aromatic carbocycles. The van der Waals surface area contributed by atoms with E-state index in [9.17, 15) is 24.6 Å². The van der Waals surface area contributed by atoms with Crippen molar-refractivity contribution >= 4 is 46.0 Å². The van der Waals surface area contributed by atoms with E-state index in [-0.39, 0.29) is 58.7 Å². The van der Waals surface area contributed by atoms with E-state index in [0.29, 0.717) is 24.0 Å². The fraction of sp³-hybridized carbons (Fsp3) is 0.333. The Balaban J connectivity index is 1.61. The third kappa shape index (κ3) is 5.27. The molecule has 8 nitrogen and oxygen atoms in total. The lowest BCUT2D eigenvalue weighted by Crippen LogP contribution is -2.35. The average molecular weight is 595 g/mol. The Bertz CT molecular complexity index is 1390. The van der Waals surface area contributed by atoms with Gasteiger partial charge in [0.1, 0.15) is 21.9 Å². The van der Waals surface area contributed by atoms with Crippen molar-refractivity contribution in [3.05, 3.63) is 102 Å². The second-order valence-electron chi connectivity index (χ2n) is 9.87. The molecule has 0 N–H and O–H groups in total. The van der Waals surface area contributed by atoms with E-state index < -0.39 is 39.7 Å². The lowest BCUT2D eigenvalue weighted by Gasteiger charge is -2.35. The van der Waals surface area contributed by atoms with Gasteiger partial charge >= 0.3 is 0 Å². The molecule has 0 bridgehead atoms. The number of anilines is 2. The monoisotopic (exact) mass is 594 g/mol. The smallest absolute Gasteiger partial charge is 0.288 e. The summed E-state index contributed by atoms with van der Waals surface area (Å²) < 4.78 is 44.7. The summed E-state index contributed by atoms with van der Waals surface area (Å²) in [6.07, 6.45) is 0.173. The molecule has 2 fully saturated rings. The van der Waals surface area contributed by atoms with Crippen molar-refractivity contribution in [3.8, 4) is 0 Å². The van der Waals surface area contributed by atoms with E-state index in [0.717, 1.165) is 0 Å². The van der Waals surface area contributed by atoms with Crippen LogP contribution in [0, 0.1) is 31.9 Å². The summed E-state index contributed by atoms with van der Waals surface area (Å²) in [5.41, 5.74) is 0.283. The second-order valence-corrected chi connectivity index (χ2v) is 10.7. The van der Waals surface area contributed by atoms with Gasteiger partial charge in [-0.1, -0.05) is 35.3 Å². The number of hydrogen-bond donors (Lipinski definition) is 0. The van der Waals surface area contributed by atoms with Gasteiger partial charge < -0.3 is 9.80 Å². The number of nitrogens with zero attached hydrogens (tertiary/aromatic N) is 4. The molecule has 0 unspecified atom stereocenters. The Morgan fingerprint density at radius 1 is 0.750 bits per heavy atom. The highest BCUT2D eigenvalue weighted by atomic mass is 35.5. The van der Waals surface area contributed by atoms with Crippen LogP contribution in [0.2, 0.25) is 10.0 Å². The van der Waals surface area contributed by atoms with E-state index in [2.05, 4.69) is 0 Å². The minimum absolute atomic E-state index is 0.0540. The molecule has 13 heteroatoms. The van der Waals surface area contributed by atoms with Crippen LogP contribution in [0.5, 0.6) is 0 Å². The molecule has 0 saturated carbocycles. The Kier molecular flexibility index (Phi) is 7.78. The van der Waals surface area contributed by atoms with Gasteiger partial charge in [0.05, 0.1) is 21.9 Å². The van der Waals surface area contributed by atoms with Crippen LogP contribution >= 0.6 is 23.2 Å². The summed E-state index contributed by atoms with van der Waals surface area (Å²) >= 11 is 12.0. The van der Waals surface area contributed by atoms with Crippen LogP contribution in [0.3, 0.4) is 0 Å². The standard InChI is InChI=1S/C27H23Cl2F3N4O4/c28-19-3-1-15(11-25(19)35(37)38)23-5-6-24(16-2-4-20(29)26(12-16)36(39)40)34(23)18-13-21(31)27(22(32)14-18)33-9-7-17(30)8-10-33/h1-4,11-14,17,23-24H,5-10H2/t23-,24-/m1/s1. The molecule has 0 radical (unpaired) electrons. The topological polar surface area (TPSA) is 92.8 Å². The number of nitro groups is 2. The Hall–Kier alpha value is -3.57. The van der Waals surface area contributed by atoms with Crippen LogP contribution in [-0.2, 0) is 0 Å². The molecule has 40 heavy (non-hydrogen) atoms. The quantitative estimate of drug-likeness (QED) is 0.211. The summed E-state index contributed by atoms with van der Waals surface area (Å²) in [5, 5.41) is 23.0. The molecule has 2 atom stereocenters. The molecule has 2 aliphatic rings. The lowest BCUT2D eigenvalue weighted by molar-refractivity contribution is -0.384. The van der Waals surface area contributed by atoms with Crippen LogP contribution in [0.15, 0.2) is 48.5 Å². The molecule has 0 aromatic heterocycles. The fourth-order valence-corrected chi connectivity index (χ4v) is 6.03. The van der Waals surface area contributed by atoms with Crippen LogP contribution in [-0.4, -0.2) is 29.1 Å². The van der Waals surface area contributed by atoms with Crippen molar-refractivity contribution in [1.29, 1.82) is 0 Å². The number of alkyl halides is 1. The van der Waals surface area contributed by atoms with Crippen LogP contribution in [0.4, 0.5) is 35.9 Å². The van der Waals surface area contributed by atoms with Gasteiger partial charge in [-0.15, -0.1) is 0 Å². The first-order valence-electron chi connectivity index (χ1n) is 12.6. The predicted octanol–water partition coefficient (Wildman–Crippen LogP) is 8.11. The maximum absolute atomic E-state index is 15.5. The minimum Gasteiger partial charge on any atom is -0.367 e. The highest BCUT2D eigenvalue weighted by Gasteiger charge is 2.38. The zero-order chi connectivity index (χ0) is 28.7. The molecule has 0 aliphatic carbocycles. The third-order valence-electron chi connectivity index (χ3n) is 7.53. The number of hydrogen-bond acceptors (Lipinski definition) is 6. The maximum Gasteiger partial charge on any atom is 0.288 e. The van der Waals surface area contributed by atoms with Gasteiger partial charge in [-0.2, -0.15) is 0 Å². The molecule has 0 spiro atoms. The van der Waals surface area contributed by atoms with Crippen molar-refractivity contribution < 1.29 is 23.0 Å². The van der Waals surface area contributed by atoms with Crippen molar-refractivity contribution in [3.63, 3.8) is 0 Å². The molecule has 0 amide bonds. The summed E-state index contributed by atoms with van der Waals surface area (Å²) in [7, 11) is 0. The van der Waals surface area contributed by atoms with E-state index in [1.165, 1.54) is 41.3 Å². The number of benzene rings is 3. The van der Waals surface area contributed by atoms with Crippen molar-refractivity contribution in [1.82, 2.24) is 0 Å². The molecule has 5 rings (SSSR count). The molecular weight excluding hydrogens is 572 g/mol. The zero-order valence-corrected chi connectivity index (χ0v) is 22.4. The minimum atomic E-state index is -1.01. The van der Waals surface area contributed by atoms with E-state index in [1.54, 1.807) is 17.0 Å². The first kappa shape index (κ1) is 28.0. The Morgan fingerprint density at radius 3 is 1.62 bits per heavy atom. The van der Waals surface area contributed by atoms with Gasteiger partial charge in [-0.25, -0.2) is 13.2 Å². The summed E-state index contributed by atoms with van der Waals surface area (Å²) in [6, 6.07) is 9.90. The number of piperidine rings is 1. The van der Waals surface area contributed by atoms with E-state index >= 15 is 8.78 Å². The molecule has 2 saturated heterocycles. The maximum atomic E-state index is 15.5. The summed E-state index contributed by atoms with van der Waals surface area (Å²) in [5.74, 6) is -1.67. The summed E-state index contributed by atoms with van der Waals surface area (Å²) in [4.78, 5) is 25.1. The predicted molar refractivity (Wildman–Crippen MR) is 146 cm³/mol. The summed E-state index contributed by atoms with van der Waals surface area (Å²) in [6.45, 7) is 0.346. The average Bonchev–Trinajstić information content (AvgIpc) is 3.35. The number of halogens is 5. The Morgan fingerprint density at radius 2 is 1.20 bits per heavy atom. The first-order valence-corrected chi connectivity index (χ1v) is 13.3. The van der Waals surface area contributed by atoms with Gasteiger partial charge in [-0.05, 0) is 61.1 Å². The molecule has 210 valence electrons. The van der Waals surface area contributed by atoms with Crippen LogP contribution < -0.4 is 9.80 Å². The molecular formula is C27H23Cl2F3N4O4. The fourth-order valence-electron chi connectivity index (χ4n) is 5.65. The van der Waals surface area contributed by atoms with E-state index in [4.69, 9.17) is 23.2 Å². The van der Waals surface area contributed by atoms with Gasteiger partial charge in [0.2, 0.25) is 0 Å². The van der Waals surface area contributed by atoms with Crippen molar-refractivity contribution in [2.75, 3.05) is 22.9 Å². The van der Waals surface area contributed by atoms with Gasteiger partial charge in [0.15, 0.2) is 11.6 Å². The first-order chi connectivity index (χ1) is 19.0. The molecule has 2 heterocycles. The second kappa shape index (κ2) is 11.1. The van der Waals surface area contributed by atoms with Crippen molar-refractivity contribution in [2.24, 2.45) is 0 Å². The third-order valence-corrected chi connectivity index (χ3v) is 8.17. The van der Waals surface area contributed by atoms with E-state index in [1.807, 2.05) is 0 Å². The highest BCUT2D eigenvalue weighted by molar-refractivity contribution is 6.33. The Labute approximate surface area is 237 Å². The van der Waals surface area contributed by atoms with Gasteiger partial charge in [-0.3, -0.25) is 20.2 Å².